The number of rotatable bonds is 5. The van der Waals surface area contributed by atoms with Gasteiger partial charge in [0, 0.05) is 13.0 Å². The second-order valence-corrected chi connectivity index (χ2v) is 5.61. The van der Waals surface area contributed by atoms with Gasteiger partial charge in [-0.25, -0.2) is 0 Å². The molecule has 1 N–H and O–H groups in total. The lowest BCUT2D eigenvalue weighted by molar-refractivity contribution is -0.138. The Morgan fingerprint density at radius 2 is 1.86 bits per heavy atom. The van der Waals surface area contributed by atoms with E-state index in [0.717, 1.165) is 24.4 Å². The second kappa shape index (κ2) is 7.66. The first kappa shape index (κ1) is 17.8. The summed E-state index contributed by atoms with van der Waals surface area (Å²) in [5.74, 6) is 1.62. The van der Waals surface area contributed by atoms with E-state index in [2.05, 4.69) is 12.2 Å². The van der Waals surface area contributed by atoms with Gasteiger partial charge in [-0.05, 0) is 43.6 Å². The molecule has 0 radical (unpaired) electrons. The van der Waals surface area contributed by atoms with Gasteiger partial charge in [0.2, 0.25) is 5.91 Å². The number of carbonyl (C=O) groups is 1. The van der Waals surface area contributed by atoms with E-state index >= 15 is 0 Å². The molecule has 1 amide bonds. The second-order valence-electron chi connectivity index (χ2n) is 5.61. The highest BCUT2D eigenvalue weighted by atomic mass is 35.5. The number of amides is 1. The zero-order valence-corrected chi connectivity index (χ0v) is 13.9. The van der Waals surface area contributed by atoms with Crippen LogP contribution in [0.4, 0.5) is 0 Å². The maximum atomic E-state index is 12.5. The maximum Gasteiger partial charge on any atom is 0.226 e. The number of benzene rings is 1. The number of carbonyl (C=O) groups excluding carboxylic acids is 1. The molecule has 0 aromatic heterocycles. The smallest absolute Gasteiger partial charge is 0.226 e. The lowest BCUT2D eigenvalue weighted by Gasteiger charge is -2.35. The predicted octanol–water partition coefficient (Wildman–Crippen LogP) is 2.49. The summed E-state index contributed by atoms with van der Waals surface area (Å²) in [5.41, 5.74) is 1.13. The van der Waals surface area contributed by atoms with Crippen LogP contribution in [-0.2, 0) is 4.79 Å². The summed E-state index contributed by atoms with van der Waals surface area (Å²) in [6.45, 7) is 6.01. The molecule has 4 nitrogen and oxygen atoms in total. The molecule has 21 heavy (non-hydrogen) atoms. The molecule has 1 heterocycles. The lowest BCUT2D eigenvalue weighted by atomic mass is 9.87. The van der Waals surface area contributed by atoms with Crippen molar-refractivity contribution in [1.29, 1.82) is 0 Å². The van der Waals surface area contributed by atoms with Crippen LogP contribution in [0.25, 0.3) is 0 Å². The minimum atomic E-state index is 0. The van der Waals surface area contributed by atoms with Gasteiger partial charge in [-0.1, -0.05) is 19.1 Å². The van der Waals surface area contributed by atoms with Crippen molar-refractivity contribution in [2.75, 3.05) is 27.2 Å². The topological polar surface area (TPSA) is 41.6 Å². The molecule has 5 heteroatoms. The quantitative estimate of drug-likeness (QED) is 0.908. The number of methoxy groups -OCH3 is 1. The maximum absolute atomic E-state index is 12.5. The fraction of sp³-hybridized carbons (Fsp3) is 0.562. The average molecular weight is 313 g/mol. The van der Waals surface area contributed by atoms with Gasteiger partial charge in [-0.2, -0.15) is 0 Å². The number of nitrogens with zero attached hydrogens (tertiary/aromatic N) is 1. The van der Waals surface area contributed by atoms with Crippen LogP contribution in [0.3, 0.4) is 0 Å². The third-order valence-electron chi connectivity index (χ3n) is 4.44. The number of hydrogen-bond donors (Lipinski definition) is 1. The zero-order chi connectivity index (χ0) is 14.7. The number of halogens is 1. The predicted molar refractivity (Wildman–Crippen MR) is 87.0 cm³/mol. The Hall–Kier alpha value is -1.26. The summed E-state index contributed by atoms with van der Waals surface area (Å²) < 4.78 is 5.16. The van der Waals surface area contributed by atoms with Crippen LogP contribution in [-0.4, -0.2) is 38.1 Å². The average Bonchev–Trinajstić information content (AvgIpc) is 2.43. The fourth-order valence-corrected chi connectivity index (χ4v) is 2.48. The van der Waals surface area contributed by atoms with Crippen molar-refractivity contribution in [2.24, 2.45) is 11.8 Å². The van der Waals surface area contributed by atoms with Crippen molar-refractivity contribution in [3.8, 4) is 5.75 Å². The molecule has 1 aromatic rings. The molecule has 1 aromatic carbocycles. The van der Waals surface area contributed by atoms with E-state index in [9.17, 15) is 4.79 Å². The Morgan fingerprint density at radius 3 is 2.29 bits per heavy atom. The van der Waals surface area contributed by atoms with Crippen molar-refractivity contribution in [3.05, 3.63) is 29.8 Å². The molecular formula is C16H25ClN2O2. The van der Waals surface area contributed by atoms with Crippen molar-refractivity contribution in [1.82, 2.24) is 10.2 Å². The van der Waals surface area contributed by atoms with Gasteiger partial charge in [0.1, 0.15) is 5.75 Å². The molecule has 0 spiro atoms. The van der Waals surface area contributed by atoms with Crippen LogP contribution in [0.1, 0.15) is 25.5 Å². The van der Waals surface area contributed by atoms with E-state index in [1.54, 1.807) is 7.11 Å². The van der Waals surface area contributed by atoms with E-state index in [0.29, 0.717) is 5.92 Å². The molecule has 2 unspecified atom stereocenters. The zero-order valence-electron chi connectivity index (χ0n) is 13.1. The van der Waals surface area contributed by atoms with Gasteiger partial charge in [-0.15, -0.1) is 12.4 Å². The molecule has 2 atom stereocenters. The van der Waals surface area contributed by atoms with Crippen LogP contribution in [0, 0.1) is 11.8 Å². The summed E-state index contributed by atoms with van der Waals surface area (Å²) in [7, 11) is 3.54. The summed E-state index contributed by atoms with van der Waals surface area (Å²) in [4.78, 5) is 14.3. The van der Waals surface area contributed by atoms with Crippen LogP contribution in [0.5, 0.6) is 5.75 Å². The first-order valence-electron chi connectivity index (χ1n) is 7.16. The summed E-state index contributed by atoms with van der Waals surface area (Å²) in [6, 6.07) is 7.97. The number of hydrogen-bond acceptors (Lipinski definition) is 3. The third-order valence-corrected chi connectivity index (χ3v) is 4.44. The van der Waals surface area contributed by atoms with Crippen molar-refractivity contribution in [3.63, 3.8) is 0 Å². The number of nitrogens with one attached hydrogen (secondary N) is 1. The van der Waals surface area contributed by atoms with Gasteiger partial charge < -0.3 is 15.0 Å². The van der Waals surface area contributed by atoms with Gasteiger partial charge >= 0.3 is 0 Å². The van der Waals surface area contributed by atoms with Gasteiger partial charge in [0.05, 0.1) is 13.2 Å². The summed E-state index contributed by atoms with van der Waals surface area (Å²) >= 11 is 0. The third kappa shape index (κ3) is 3.89. The Morgan fingerprint density at radius 1 is 1.29 bits per heavy atom. The van der Waals surface area contributed by atoms with E-state index in [1.165, 1.54) is 0 Å². The normalized spacial score (nSPS) is 17.1. The molecule has 0 aliphatic carbocycles. The Balaban J connectivity index is 0.00000220. The van der Waals surface area contributed by atoms with Crippen molar-refractivity contribution < 1.29 is 9.53 Å². The van der Waals surface area contributed by atoms with Crippen molar-refractivity contribution in [2.45, 2.75) is 19.9 Å². The minimum absolute atomic E-state index is 0. The molecule has 1 saturated heterocycles. The standard InChI is InChI=1S/C16H24N2O2.ClH/c1-11(14-9-17-10-14)16(19)18(3)12(2)13-5-7-15(20-4)8-6-13;/h5-8,11-12,14,17H,9-10H2,1-4H3;1H. The summed E-state index contributed by atoms with van der Waals surface area (Å²) in [5, 5.41) is 3.22. The van der Waals surface area contributed by atoms with E-state index in [-0.39, 0.29) is 30.3 Å². The minimum Gasteiger partial charge on any atom is -0.497 e. The SMILES string of the molecule is COc1ccc(C(C)N(C)C(=O)C(C)C2CNC2)cc1.Cl. The van der Waals surface area contributed by atoms with E-state index in [1.807, 2.05) is 43.1 Å². The first-order chi connectivity index (χ1) is 9.54. The largest absolute Gasteiger partial charge is 0.497 e. The molecular weight excluding hydrogens is 288 g/mol. The molecule has 118 valence electrons. The molecule has 0 bridgehead atoms. The highest BCUT2D eigenvalue weighted by molar-refractivity contribution is 5.85. The first-order valence-corrected chi connectivity index (χ1v) is 7.16. The molecule has 1 fully saturated rings. The lowest BCUT2D eigenvalue weighted by Crippen LogP contribution is -2.50. The van der Waals surface area contributed by atoms with Crippen LogP contribution in [0.15, 0.2) is 24.3 Å². The Kier molecular flexibility index (Phi) is 6.49. The molecule has 2 rings (SSSR count). The van der Waals surface area contributed by atoms with E-state index in [4.69, 9.17) is 4.74 Å². The highest BCUT2D eigenvalue weighted by Crippen LogP contribution is 2.25. The van der Waals surface area contributed by atoms with Crippen LogP contribution < -0.4 is 10.1 Å². The molecule has 1 aliphatic rings. The van der Waals surface area contributed by atoms with Crippen molar-refractivity contribution >= 4 is 18.3 Å². The Bertz CT molecular complexity index is 460. The van der Waals surface area contributed by atoms with Gasteiger partial charge in [0.15, 0.2) is 0 Å². The Labute approximate surface area is 133 Å². The van der Waals surface area contributed by atoms with Crippen LogP contribution in [0.2, 0.25) is 0 Å². The van der Waals surface area contributed by atoms with Crippen LogP contribution >= 0.6 is 12.4 Å². The molecule has 1 aliphatic heterocycles. The van der Waals surface area contributed by atoms with E-state index < -0.39 is 0 Å². The number of ether oxygens (including phenoxy) is 1. The van der Waals surface area contributed by atoms with Gasteiger partial charge in [-0.3, -0.25) is 4.79 Å². The fourth-order valence-electron chi connectivity index (χ4n) is 2.48. The monoisotopic (exact) mass is 312 g/mol. The van der Waals surface area contributed by atoms with Gasteiger partial charge in [0.25, 0.3) is 0 Å². The highest BCUT2D eigenvalue weighted by Gasteiger charge is 2.32. The molecule has 0 saturated carbocycles. The summed E-state index contributed by atoms with van der Waals surface area (Å²) in [6.07, 6.45) is 0.